The molecule has 6 N–H and O–H groups in total. The van der Waals surface area contributed by atoms with Gasteiger partial charge in [0.1, 0.15) is 30.0 Å². The predicted molar refractivity (Wildman–Crippen MR) is 234 cm³/mol. The maximum atomic E-state index is 14.2. The average molecular weight is 890 g/mol. The molecule has 6 rings (SSSR count). The van der Waals surface area contributed by atoms with Crippen molar-refractivity contribution in [1.82, 2.24) is 25.8 Å². The van der Waals surface area contributed by atoms with Gasteiger partial charge in [0, 0.05) is 42.1 Å². The van der Waals surface area contributed by atoms with Crippen molar-refractivity contribution in [2.75, 3.05) is 37.5 Å². The third-order valence-corrected chi connectivity index (χ3v) is 12.5. The first-order chi connectivity index (χ1) is 30.3. The number of allylic oxidation sites excluding steroid dienone is 2. The van der Waals surface area contributed by atoms with Crippen LogP contribution in [0.3, 0.4) is 0 Å². The Bertz CT molecular complexity index is 2120. The topological polar surface area (TPSA) is 219 Å². The van der Waals surface area contributed by atoms with Gasteiger partial charge in [0.15, 0.2) is 0 Å². The molecule has 0 radical (unpaired) electrons. The van der Waals surface area contributed by atoms with E-state index >= 15 is 0 Å². The van der Waals surface area contributed by atoms with E-state index in [4.69, 9.17) is 0 Å². The second-order valence-electron chi connectivity index (χ2n) is 17.9. The summed E-state index contributed by atoms with van der Waals surface area (Å²) in [6.07, 6.45) is 8.28. The molecular weight excluding hydrogens is 830 g/mol. The van der Waals surface area contributed by atoms with Crippen LogP contribution in [0.1, 0.15) is 84.2 Å². The summed E-state index contributed by atoms with van der Waals surface area (Å²) >= 11 is 0. The van der Waals surface area contributed by atoms with Gasteiger partial charge in [0.25, 0.3) is 0 Å². The van der Waals surface area contributed by atoms with E-state index in [-0.39, 0.29) is 42.8 Å². The molecule has 0 aromatic heterocycles. The van der Waals surface area contributed by atoms with Gasteiger partial charge in [-0.3, -0.25) is 19.2 Å². The maximum absolute atomic E-state index is 14.2. The van der Waals surface area contributed by atoms with Crippen LogP contribution in [0.15, 0.2) is 72.5 Å². The first-order valence-corrected chi connectivity index (χ1v) is 21.7. The second kappa shape index (κ2) is 19.8. The van der Waals surface area contributed by atoms with Gasteiger partial charge in [-0.1, -0.05) is 24.3 Å². The lowest BCUT2D eigenvalue weighted by Crippen LogP contribution is -2.60. The molecule has 3 aliphatic heterocycles. The van der Waals surface area contributed by atoms with Crippen molar-refractivity contribution < 1.29 is 52.8 Å². The van der Waals surface area contributed by atoms with Crippen molar-refractivity contribution in [1.29, 1.82) is 0 Å². The summed E-state index contributed by atoms with van der Waals surface area (Å²) in [4.78, 5) is 83.4. The molecule has 0 saturated carbocycles. The zero-order valence-electron chi connectivity index (χ0n) is 37.1. The largest absolute Gasteiger partial charge is 0.453 e. The van der Waals surface area contributed by atoms with Crippen LogP contribution in [0.25, 0.3) is 0 Å². The Labute approximate surface area is 372 Å². The molecule has 17 nitrogen and oxygen atoms in total. The number of likely N-dealkylation sites (tertiary alicyclic amines) is 2. The number of hydrogen-bond donors (Lipinski definition) is 6. The minimum atomic E-state index is -1.63. The van der Waals surface area contributed by atoms with Crippen LogP contribution in [-0.2, 0) is 28.7 Å². The fourth-order valence-corrected chi connectivity index (χ4v) is 9.20. The lowest BCUT2D eigenvalue weighted by Gasteiger charge is -2.37. The van der Waals surface area contributed by atoms with Crippen LogP contribution < -0.4 is 26.2 Å². The van der Waals surface area contributed by atoms with Crippen molar-refractivity contribution in [3.8, 4) is 0 Å². The van der Waals surface area contributed by atoms with E-state index in [9.17, 15) is 43.4 Å². The van der Waals surface area contributed by atoms with E-state index in [0.717, 1.165) is 38.3 Å². The lowest BCUT2D eigenvalue weighted by molar-refractivity contribution is -0.144. The number of alkyl carbamates (subject to hydrolysis) is 2. The van der Waals surface area contributed by atoms with E-state index in [1.54, 1.807) is 24.3 Å². The van der Waals surface area contributed by atoms with Crippen LogP contribution in [0.4, 0.5) is 25.4 Å². The third-order valence-electron chi connectivity index (χ3n) is 12.5. The Morgan fingerprint density at radius 2 is 1.23 bits per heavy atom. The number of aliphatic hydroxyl groups is 2. The molecule has 0 bridgehead atoms. The number of ether oxygens (including phenoxy) is 2. The highest BCUT2D eigenvalue weighted by molar-refractivity contribution is 5.99. The maximum Gasteiger partial charge on any atom is 0.407 e. The molecule has 7 atom stereocenters. The summed E-state index contributed by atoms with van der Waals surface area (Å²) in [5.41, 5.74) is -0.308. The monoisotopic (exact) mass is 889 g/mol. The van der Waals surface area contributed by atoms with Gasteiger partial charge in [-0.05, 0) is 121 Å². The van der Waals surface area contributed by atoms with Gasteiger partial charge >= 0.3 is 12.2 Å². The number of nitrogens with zero attached hydrogens (tertiary/aromatic N) is 3. The van der Waals surface area contributed by atoms with E-state index in [1.165, 1.54) is 49.6 Å². The fourth-order valence-electron chi connectivity index (χ4n) is 9.20. The fraction of sp³-hybridized carbons (Fsp3) is 0.522. The molecule has 3 heterocycles. The van der Waals surface area contributed by atoms with Gasteiger partial charge in [-0.2, -0.15) is 0 Å². The summed E-state index contributed by atoms with van der Waals surface area (Å²) in [7, 11) is 2.31. The van der Waals surface area contributed by atoms with E-state index in [0.29, 0.717) is 43.5 Å². The summed E-state index contributed by atoms with van der Waals surface area (Å²) in [6, 6.07) is 9.54. The summed E-state index contributed by atoms with van der Waals surface area (Å²) in [5, 5.41) is 32.1. The predicted octanol–water partition coefficient (Wildman–Crippen LogP) is 4.02. The summed E-state index contributed by atoms with van der Waals surface area (Å²) in [5.74, 6) is -2.26. The Morgan fingerprint density at radius 1 is 0.719 bits per heavy atom. The van der Waals surface area contributed by atoms with Crippen molar-refractivity contribution in [3.63, 3.8) is 0 Å². The molecule has 64 heavy (non-hydrogen) atoms. The van der Waals surface area contributed by atoms with Crippen LogP contribution in [0.5, 0.6) is 0 Å². The zero-order valence-corrected chi connectivity index (χ0v) is 37.1. The molecule has 2 aromatic carbocycles. The number of carbonyl (C=O) groups excluding carboxylic acids is 6. The smallest absolute Gasteiger partial charge is 0.407 e. The molecular formula is C46H60FN7O10. The van der Waals surface area contributed by atoms with Gasteiger partial charge in [0.2, 0.25) is 23.6 Å². The number of hydrogen-bond acceptors (Lipinski definition) is 11. The normalized spacial score (nSPS) is 23.2. The van der Waals surface area contributed by atoms with Gasteiger partial charge in [0.05, 0.1) is 31.5 Å². The van der Waals surface area contributed by atoms with Crippen molar-refractivity contribution in [3.05, 3.63) is 83.8 Å². The molecule has 3 fully saturated rings. The summed E-state index contributed by atoms with van der Waals surface area (Å²) in [6.45, 7) is 6.16. The van der Waals surface area contributed by atoms with Gasteiger partial charge in [-0.25, -0.2) is 14.0 Å². The molecule has 6 amide bonds. The molecule has 4 aliphatic rings. The van der Waals surface area contributed by atoms with E-state index < -0.39 is 65.3 Å². The van der Waals surface area contributed by atoms with E-state index in [2.05, 4.69) is 41.7 Å². The van der Waals surface area contributed by atoms with Crippen molar-refractivity contribution in [2.45, 2.75) is 120 Å². The SMILES string of the molecule is COC(=O)N[C@H](C(=O)N1CCC[C@H]1C(=O)NC1=CCC([C@H]2CC[C@H](c3ccc(NC(=O)[C@@H]4CCCN4C(=O)[C@@H](NC(=O)OC)C(C)(C)O)cc3)N2c2ccc(F)cc2)C=C1)C(C)(C)O. The molecule has 3 saturated heterocycles. The van der Waals surface area contributed by atoms with Gasteiger partial charge in [-0.15, -0.1) is 0 Å². The number of nitrogens with one attached hydrogen (secondary N) is 4. The Kier molecular flexibility index (Phi) is 14.7. The number of rotatable bonds is 13. The number of amides is 6. The highest BCUT2D eigenvalue weighted by Crippen LogP contribution is 2.44. The lowest BCUT2D eigenvalue weighted by atomic mass is 9.90. The number of anilines is 2. The Balaban J connectivity index is 1.11. The zero-order chi connectivity index (χ0) is 46.5. The molecule has 18 heteroatoms. The minimum absolute atomic E-state index is 0.0101. The molecule has 0 spiro atoms. The highest BCUT2D eigenvalue weighted by Gasteiger charge is 2.45. The Morgan fingerprint density at radius 3 is 1.70 bits per heavy atom. The first kappa shape index (κ1) is 47.5. The standard InChI is InChI=1S/C46H60FN7O10/c1-45(2,61)37(50-43(59)63-5)41(57)52-25-7-9-35(52)39(55)48-30-17-11-27(12-18-30)33-23-24-34(54(33)32-21-15-29(47)16-22-32)28-13-19-31(20-14-28)49-40(56)36-10-8-26-53(36)42(58)38(46(3,4)62)51-44(60)64-6/h11-13,15-22,28,33-38,61-62H,7-10,14,23-26H2,1-6H3,(H,48,55)(H,49,56)(H,50,59)(H,51,60)/t28?,33-,34-,35+,36+,37-,38-/m1/s1. The van der Waals surface area contributed by atoms with Crippen LogP contribution in [0, 0.1) is 11.7 Å². The van der Waals surface area contributed by atoms with Crippen LogP contribution >= 0.6 is 0 Å². The average Bonchev–Trinajstić information content (AvgIpc) is 4.05. The van der Waals surface area contributed by atoms with Gasteiger partial charge < -0.3 is 55.7 Å². The van der Waals surface area contributed by atoms with E-state index in [1.807, 2.05) is 24.3 Å². The molecule has 1 aliphatic carbocycles. The third kappa shape index (κ3) is 10.8. The summed E-state index contributed by atoms with van der Waals surface area (Å²) < 4.78 is 23.5. The van der Waals surface area contributed by atoms with Crippen LogP contribution in [0.2, 0.25) is 0 Å². The number of halogens is 1. The minimum Gasteiger partial charge on any atom is -0.453 e. The first-order valence-electron chi connectivity index (χ1n) is 21.7. The Hall–Kier alpha value is -6.01. The molecule has 346 valence electrons. The number of carbonyl (C=O) groups is 6. The molecule has 1 unspecified atom stereocenters. The second-order valence-corrected chi connectivity index (χ2v) is 17.9. The number of methoxy groups -OCH3 is 2. The highest BCUT2D eigenvalue weighted by atomic mass is 19.1. The van der Waals surface area contributed by atoms with Crippen molar-refractivity contribution >= 4 is 47.2 Å². The molecule has 2 aromatic rings. The quantitative estimate of drug-likeness (QED) is 0.169. The van der Waals surface area contributed by atoms with Crippen LogP contribution in [-0.4, -0.2) is 125 Å². The number of benzene rings is 2. The van der Waals surface area contributed by atoms with Crippen molar-refractivity contribution in [2.24, 2.45) is 5.92 Å².